The van der Waals surface area contributed by atoms with Gasteiger partial charge in [0.15, 0.2) is 5.82 Å². The molecule has 3 fully saturated rings. The van der Waals surface area contributed by atoms with E-state index in [-0.39, 0.29) is 11.5 Å². The number of likely N-dealkylation sites (N-methyl/N-ethyl adjacent to an activating group) is 1. The molecule has 2 N–H and O–H groups in total. The van der Waals surface area contributed by atoms with Gasteiger partial charge in [0, 0.05) is 55.3 Å². The highest BCUT2D eigenvalue weighted by Gasteiger charge is 2.35. The molecule has 2 aromatic carbocycles. The number of halogens is 1. The molecule has 7 rings (SSSR count). The summed E-state index contributed by atoms with van der Waals surface area (Å²) in [5.74, 6) is 0.337. The maximum absolute atomic E-state index is 16.5. The van der Waals surface area contributed by atoms with Crippen LogP contribution >= 0.6 is 0 Å². The average molecular weight is 519 g/mol. The highest BCUT2D eigenvalue weighted by Crippen LogP contribution is 2.39. The van der Waals surface area contributed by atoms with Gasteiger partial charge in [-0.1, -0.05) is 18.2 Å². The van der Waals surface area contributed by atoms with Crippen molar-refractivity contribution in [1.29, 1.82) is 0 Å². The van der Waals surface area contributed by atoms with Gasteiger partial charge in [0.25, 0.3) is 0 Å². The van der Waals surface area contributed by atoms with Gasteiger partial charge in [0.2, 0.25) is 0 Å². The fourth-order valence-corrected chi connectivity index (χ4v) is 6.76. The first-order valence-electron chi connectivity index (χ1n) is 13.9. The summed E-state index contributed by atoms with van der Waals surface area (Å²) in [6, 6.07) is 13.0. The van der Waals surface area contributed by atoms with Crippen molar-refractivity contribution in [1.82, 2.24) is 20.2 Å². The summed E-state index contributed by atoms with van der Waals surface area (Å²) in [6.45, 7) is 3.55. The molecule has 3 saturated heterocycles. The predicted octanol–water partition coefficient (Wildman–Crippen LogP) is 3.24. The third kappa shape index (κ3) is 4.26. The molecule has 4 atom stereocenters. The maximum atomic E-state index is 16.5. The normalized spacial score (nSPS) is 27.2. The second-order valence-electron chi connectivity index (χ2n) is 11.4. The second kappa shape index (κ2) is 9.63. The van der Waals surface area contributed by atoms with Crippen LogP contribution in [0, 0.1) is 5.82 Å². The maximum Gasteiger partial charge on any atom is 0.319 e. The number of hydrogen-bond acceptors (Lipinski definition) is 8. The van der Waals surface area contributed by atoms with Gasteiger partial charge in [0.1, 0.15) is 17.9 Å². The molecular formula is C29H35FN6O2. The number of likely N-dealkylation sites (tertiary alicyclic amines) is 1. The lowest BCUT2D eigenvalue weighted by Gasteiger charge is -2.35. The molecule has 38 heavy (non-hydrogen) atoms. The molecule has 1 unspecified atom stereocenters. The number of fused-ring (bicyclic) bond motifs is 4. The Balaban J connectivity index is 1.31. The van der Waals surface area contributed by atoms with E-state index in [0.29, 0.717) is 48.8 Å². The molecule has 200 valence electrons. The minimum Gasteiger partial charge on any atom is -0.462 e. The Bertz CT molecular complexity index is 1340. The zero-order valence-electron chi connectivity index (χ0n) is 21.8. The van der Waals surface area contributed by atoms with Crippen LogP contribution in [0.4, 0.5) is 21.6 Å². The van der Waals surface area contributed by atoms with E-state index < -0.39 is 11.9 Å². The van der Waals surface area contributed by atoms with Crippen molar-refractivity contribution in [2.75, 3.05) is 49.6 Å². The first-order chi connectivity index (χ1) is 18.5. The van der Waals surface area contributed by atoms with E-state index >= 15 is 4.39 Å². The summed E-state index contributed by atoms with van der Waals surface area (Å²) < 4.78 is 22.6. The molecule has 2 bridgehead atoms. The quantitative estimate of drug-likeness (QED) is 0.533. The van der Waals surface area contributed by atoms with E-state index in [2.05, 4.69) is 27.1 Å². The fourth-order valence-electron chi connectivity index (χ4n) is 6.76. The number of para-hydroxylation sites is 1. The number of nitrogens with zero attached hydrogens (tertiary/aromatic N) is 5. The summed E-state index contributed by atoms with van der Waals surface area (Å²) in [6.07, 6.45) is 4.52. The van der Waals surface area contributed by atoms with Crippen LogP contribution in [0.15, 0.2) is 36.4 Å². The van der Waals surface area contributed by atoms with Gasteiger partial charge in [-0.2, -0.15) is 9.97 Å². The highest BCUT2D eigenvalue weighted by atomic mass is 19.1. The molecule has 9 heteroatoms. The lowest BCUT2D eigenvalue weighted by molar-refractivity contribution is 0.178. The molecular weight excluding hydrogens is 483 g/mol. The zero-order valence-corrected chi connectivity index (χ0v) is 21.8. The molecule has 0 saturated carbocycles. The Morgan fingerprint density at radius 1 is 1.03 bits per heavy atom. The largest absolute Gasteiger partial charge is 0.462 e. The van der Waals surface area contributed by atoms with Crippen LogP contribution in [0.2, 0.25) is 0 Å². The number of aliphatic hydroxyl groups is 1. The van der Waals surface area contributed by atoms with E-state index in [1.807, 2.05) is 41.3 Å². The van der Waals surface area contributed by atoms with E-state index in [1.165, 1.54) is 0 Å². The zero-order chi connectivity index (χ0) is 25.8. The Labute approximate surface area is 222 Å². The highest BCUT2D eigenvalue weighted by molar-refractivity contribution is 5.93. The molecule has 8 nitrogen and oxygen atoms in total. The number of anilines is 3. The number of ether oxygens (including phenoxy) is 1. The number of aromatic nitrogens is 2. The summed E-state index contributed by atoms with van der Waals surface area (Å²) in [5, 5.41) is 14.9. The van der Waals surface area contributed by atoms with Crippen molar-refractivity contribution >= 4 is 28.1 Å². The molecule has 1 aromatic heterocycles. The standard InChI is InChI=1S/C29H35FN6O2/c1-34-12-4-6-21(34)17-38-29-32-27-23(28(33-29)35-14-19-8-9-20(15-35)31-19)10-11-25(26(27)30)36-16-22(37)13-18-5-2-3-7-24(18)36/h2-3,5,7,10-11,19-22,31,37H,4,6,8-9,12-17H2,1H3/t19-,20+,21-,22?/m0/s1. The van der Waals surface area contributed by atoms with Gasteiger partial charge < -0.3 is 29.9 Å². The van der Waals surface area contributed by atoms with Crippen LogP contribution in [0.25, 0.3) is 10.9 Å². The number of β-amino-alcohol motifs (C(OH)–C–C–N with tert-alkyl or cyclic N) is 1. The van der Waals surface area contributed by atoms with Crippen molar-refractivity contribution in [3.63, 3.8) is 0 Å². The number of piperazine rings is 1. The number of hydrogen-bond donors (Lipinski definition) is 2. The van der Waals surface area contributed by atoms with Gasteiger partial charge in [0.05, 0.1) is 11.8 Å². The van der Waals surface area contributed by atoms with Gasteiger partial charge in [-0.15, -0.1) is 0 Å². The summed E-state index contributed by atoms with van der Waals surface area (Å²) in [5.41, 5.74) is 2.61. The molecule has 3 aromatic rings. The second-order valence-corrected chi connectivity index (χ2v) is 11.4. The molecule has 0 amide bonds. The minimum absolute atomic E-state index is 0.230. The average Bonchev–Trinajstić information content (AvgIpc) is 3.50. The Kier molecular flexibility index (Phi) is 6.10. The van der Waals surface area contributed by atoms with E-state index in [0.717, 1.165) is 62.4 Å². The molecule has 5 heterocycles. The molecule has 4 aliphatic heterocycles. The van der Waals surface area contributed by atoms with Crippen LogP contribution in [-0.2, 0) is 6.42 Å². The lowest BCUT2D eigenvalue weighted by atomic mass is 9.98. The first kappa shape index (κ1) is 24.1. The van der Waals surface area contributed by atoms with Gasteiger partial charge in [-0.3, -0.25) is 0 Å². The predicted molar refractivity (Wildman–Crippen MR) is 146 cm³/mol. The topological polar surface area (TPSA) is 77.0 Å². The van der Waals surface area contributed by atoms with Crippen LogP contribution in [0.5, 0.6) is 6.01 Å². The summed E-state index contributed by atoms with van der Waals surface area (Å²) >= 11 is 0. The lowest BCUT2D eigenvalue weighted by Crippen LogP contribution is -2.51. The molecule has 4 aliphatic rings. The smallest absolute Gasteiger partial charge is 0.319 e. The fraction of sp³-hybridized carbons (Fsp3) is 0.517. The third-order valence-electron chi connectivity index (χ3n) is 8.76. The molecule has 0 aliphatic carbocycles. The van der Waals surface area contributed by atoms with Crippen LogP contribution in [-0.4, -0.2) is 84.0 Å². The third-order valence-corrected chi connectivity index (χ3v) is 8.76. The number of benzene rings is 2. The van der Waals surface area contributed by atoms with Crippen LogP contribution in [0.1, 0.15) is 31.2 Å². The number of aliphatic hydroxyl groups excluding tert-OH is 1. The summed E-state index contributed by atoms with van der Waals surface area (Å²) in [7, 11) is 2.11. The first-order valence-corrected chi connectivity index (χ1v) is 13.9. The Morgan fingerprint density at radius 2 is 1.84 bits per heavy atom. The van der Waals surface area contributed by atoms with E-state index in [1.54, 1.807) is 0 Å². The Morgan fingerprint density at radius 3 is 2.63 bits per heavy atom. The van der Waals surface area contributed by atoms with Gasteiger partial charge in [-0.25, -0.2) is 4.39 Å². The van der Waals surface area contributed by atoms with Crippen LogP contribution < -0.4 is 19.9 Å². The Hall–Kier alpha value is -3.01. The van der Waals surface area contributed by atoms with E-state index in [9.17, 15) is 5.11 Å². The summed E-state index contributed by atoms with van der Waals surface area (Å²) in [4.78, 5) is 16.0. The van der Waals surface area contributed by atoms with E-state index in [4.69, 9.17) is 9.72 Å². The van der Waals surface area contributed by atoms with Crippen molar-refractivity contribution in [2.24, 2.45) is 0 Å². The number of rotatable bonds is 5. The minimum atomic E-state index is -0.570. The number of nitrogens with one attached hydrogen (secondary N) is 1. The van der Waals surface area contributed by atoms with Crippen molar-refractivity contribution in [2.45, 2.75) is 56.3 Å². The van der Waals surface area contributed by atoms with Crippen molar-refractivity contribution < 1.29 is 14.2 Å². The van der Waals surface area contributed by atoms with Crippen LogP contribution in [0.3, 0.4) is 0 Å². The van der Waals surface area contributed by atoms with Gasteiger partial charge >= 0.3 is 6.01 Å². The molecule has 0 radical (unpaired) electrons. The molecule has 0 spiro atoms. The van der Waals surface area contributed by atoms with Crippen molar-refractivity contribution in [3.05, 3.63) is 47.8 Å². The van der Waals surface area contributed by atoms with Crippen molar-refractivity contribution in [3.8, 4) is 6.01 Å². The SMILES string of the molecule is CN1CCC[C@H]1COc1nc(N2C[C@H]3CC[C@@H](C2)N3)c2ccc(N3CC(O)Cc4ccccc43)c(F)c2n1. The van der Waals surface area contributed by atoms with Gasteiger partial charge in [-0.05, 0) is 63.0 Å². The monoisotopic (exact) mass is 518 g/mol.